The molecule has 16 heavy (non-hydrogen) atoms. The highest BCUT2D eigenvalue weighted by Crippen LogP contribution is 2.10. The molecular weight excluding hydrogens is 196 g/mol. The molecule has 0 aliphatic heterocycles. The fourth-order valence-electron chi connectivity index (χ4n) is 1.89. The molecule has 1 rings (SSSR count). The van der Waals surface area contributed by atoms with Crippen molar-refractivity contribution in [3.05, 3.63) is 35.4 Å². The molecule has 0 aromatic heterocycles. The summed E-state index contributed by atoms with van der Waals surface area (Å²) in [5.74, 6) is 5.58. The van der Waals surface area contributed by atoms with Crippen molar-refractivity contribution in [3.8, 4) is 0 Å². The Bertz CT molecular complexity index is 279. The molecule has 3 N–H and O–H groups in total. The summed E-state index contributed by atoms with van der Waals surface area (Å²) in [6.45, 7) is 4.34. The molecule has 0 spiro atoms. The van der Waals surface area contributed by atoms with E-state index in [1.807, 2.05) is 0 Å². The second-order valence-corrected chi connectivity index (χ2v) is 4.55. The molecule has 0 saturated heterocycles. The molecule has 0 fully saturated rings. The van der Waals surface area contributed by atoms with Crippen LogP contribution in [-0.4, -0.2) is 6.04 Å². The van der Waals surface area contributed by atoms with Crippen molar-refractivity contribution in [2.45, 2.75) is 52.0 Å². The first-order valence-corrected chi connectivity index (χ1v) is 6.28. The van der Waals surface area contributed by atoms with Crippen molar-refractivity contribution in [1.82, 2.24) is 5.43 Å². The summed E-state index contributed by atoms with van der Waals surface area (Å²) in [6, 6.07) is 9.12. The summed E-state index contributed by atoms with van der Waals surface area (Å²) in [5.41, 5.74) is 5.60. The van der Waals surface area contributed by atoms with Gasteiger partial charge in [0.25, 0.3) is 0 Å². The van der Waals surface area contributed by atoms with Crippen LogP contribution >= 0.6 is 0 Å². The van der Waals surface area contributed by atoms with Crippen LogP contribution in [0.15, 0.2) is 24.3 Å². The van der Waals surface area contributed by atoms with Gasteiger partial charge in [-0.1, -0.05) is 56.0 Å². The molecule has 1 unspecified atom stereocenters. The molecule has 0 amide bonds. The van der Waals surface area contributed by atoms with Gasteiger partial charge in [0, 0.05) is 6.04 Å². The van der Waals surface area contributed by atoms with E-state index in [9.17, 15) is 0 Å². The number of hydrazine groups is 1. The number of aryl methyl sites for hydroxylation is 1. The van der Waals surface area contributed by atoms with Crippen molar-refractivity contribution in [1.29, 1.82) is 0 Å². The summed E-state index contributed by atoms with van der Waals surface area (Å²) >= 11 is 0. The monoisotopic (exact) mass is 220 g/mol. The zero-order chi connectivity index (χ0) is 11.8. The molecule has 0 bridgehead atoms. The number of rotatable bonds is 7. The van der Waals surface area contributed by atoms with E-state index in [-0.39, 0.29) is 0 Å². The lowest BCUT2D eigenvalue weighted by Gasteiger charge is -2.15. The maximum atomic E-state index is 5.58. The van der Waals surface area contributed by atoms with Crippen molar-refractivity contribution >= 4 is 0 Å². The maximum Gasteiger partial charge on any atom is 0.0250 e. The van der Waals surface area contributed by atoms with Gasteiger partial charge in [0.15, 0.2) is 0 Å². The van der Waals surface area contributed by atoms with Gasteiger partial charge in [-0.25, -0.2) is 0 Å². The predicted octanol–water partition coefficient (Wildman–Crippen LogP) is 2.95. The van der Waals surface area contributed by atoms with E-state index < -0.39 is 0 Å². The molecule has 2 heteroatoms. The third-order valence-corrected chi connectivity index (χ3v) is 2.99. The molecule has 1 aromatic carbocycles. The van der Waals surface area contributed by atoms with Crippen LogP contribution in [0.2, 0.25) is 0 Å². The largest absolute Gasteiger partial charge is 0.271 e. The first-order chi connectivity index (χ1) is 7.76. The second kappa shape index (κ2) is 7.42. The lowest BCUT2D eigenvalue weighted by atomic mass is 10.0. The lowest BCUT2D eigenvalue weighted by molar-refractivity contribution is 0.467. The van der Waals surface area contributed by atoms with Gasteiger partial charge in [-0.3, -0.25) is 11.3 Å². The van der Waals surface area contributed by atoms with Gasteiger partial charge >= 0.3 is 0 Å². The van der Waals surface area contributed by atoms with Gasteiger partial charge in [-0.2, -0.15) is 0 Å². The second-order valence-electron chi connectivity index (χ2n) is 4.55. The Balaban J connectivity index is 2.40. The smallest absolute Gasteiger partial charge is 0.0250 e. The molecule has 0 aliphatic carbocycles. The Kier molecular flexibility index (Phi) is 6.12. The Hall–Kier alpha value is -0.860. The number of benzene rings is 1. The minimum absolute atomic E-state index is 0.411. The van der Waals surface area contributed by atoms with E-state index in [0.717, 1.165) is 12.8 Å². The zero-order valence-corrected chi connectivity index (χ0v) is 10.5. The van der Waals surface area contributed by atoms with Gasteiger partial charge in [-0.15, -0.1) is 0 Å². The lowest BCUT2D eigenvalue weighted by Crippen LogP contribution is -2.36. The maximum absolute atomic E-state index is 5.58. The summed E-state index contributed by atoms with van der Waals surface area (Å²) < 4.78 is 0. The summed E-state index contributed by atoms with van der Waals surface area (Å²) in [6.07, 6.45) is 6.02. The van der Waals surface area contributed by atoms with Crippen LogP contribution in [-0.2, 0) is 6.42 Å². The molecule has 0 saturated carbocycles. The summed E-state index contributed by atoms with van der Waals surface area (Å²) in [7, 11) is 0. The predicted molar refractivity (Wildman–Crippen MR) is 70.1 cm³/mol. The number of unbranched alkanes of at least 4 members (excludes halogenated alkanes) is 2. The Morgan fingerprint density at radius 3 is 2.44 bits per heavy atom. The van der Waals surface area contributed by atoms with Crippen LogP contribution in [0, 0.1) is 6.92 Å². The van der Waals surface area contributed by atoms with E-state index in [2.05, 4.69) is 43.5 Å². The Morgan fingerprint density at radius 2 is 1.88 bits per heavy atom. The molecule has 0 heterocycles. The fourth-order valence-corrected chi connectivity index (χ4v) is 1.89. The molecule has 90 valence electrons. The first-order valence-electron chi connectivity index (χ1n) is 6.28. The molecule has 1 atom stereocenters. The number of hydrogen-bond donors (Lipinski definition) is 2. The van der Waals surface area contributed by atoms with Crippen molar-refractivity contribution < 1.29 is 0 Å². The van der Waals surface area contributed by atoms with Gasteiger partial charge < -0.3 is 0 Å². The van der Waals surface area contributed by atoms with Crippen molar-refractivity contribution in [3.63, 3.8) is 0 Å². The molecule has 1 aromatic rings. The quantitative estimate of drug-likeness (QED) is 0.421. The fraction of sp³-hybridized carbons (Fsp3) is 0.571. The number of nitrogens with two attached hydrogens (primary N) is 1. The van der Waals surface area contributed by atoms with Crippen molar-refractivity contribution in [2.24, 2.45) is 5.84 Å². The normalized spacial score (nSPS) is 12.7. The van der Waals surface area contributed by atoms with Crippen molar-refractivity contribution in [2.75, 3.05) is 0 Å². The van der Waals surface area contributed by atoms with Gasteiger partial charge in [0.1, 0.15) is 0 Å². The van der Waals surface area contributed by atoms with Gasteiger partial charge in [-0.05, 0) is 25.3 Å². The summed E-state index contributed by atoms with van der Waals surface area (Å²) in [5, 5.41) is 0. The minimum atomic E-state index is 0.411. The van der Waals surface area contributed by atoms with Crippen LogP contribution in [0.5, 0.6) is 0 Å². The van der Waals surface area contributed by atoms with Gasteiger partial charge in [0.05, 0.1) is 0 Å². The molecule has 0 aliphatic rings. The zero-order valence-electron chi connectivity index (χ0n) is 10.5. The standard InChI is InChI=1S/C14H24N2/c1-3-4-5-6-14(16-15)11-13-9-7-12(2)8-10-13/h7-10,14,16H,3-6,11,15H2,1-2H3. The minimum Gasteiger partial charge on any atom is -0.271 e. The van der Waals surface area contributed by atoms with Crippen LogP contribution in [0.3, 0.4) is 0 Å². The van der Waals surface area contributed by atoms with E-state index >= 15 is 0 Å². The van der Waals surface area contributed by atoms with E-state index in [1.54, 1.807) is 0 Å². The third-order valence-electron chi connectivity index (χ3n) is 2.99. The number of nitrogens with one attached hydrogen (secondary N) is 1. The number of hydrogen-bond acceptors (Lipinski definition) is 2. The van der Waals surface area contributed by atoms with E-state index in [1.165, 1.54) is 30.4 Å². The topological polar surface area (TPSA) is 38.0 Å². The van der Waals surface area contributed by atoms with Crippen LogP contribution in [0.4, 0.5) is 0 Å². The van der Waals surface area contributed by atoms with Crippen LogP contribution in [0.25, 0.3) is 0 Å². The van der Waals surface area contributed by atoms with Crippen LogP contribution in [0.1, 0.15) is 43.7 Å². The summed E-state index contributed by atoms with van der Waals surface area (Å²) in [4.78, 5) is 0. The SMILES string of the molecule is CCCCCC(Cc1ccc(C)cc1)NN. The Morgan fingerprint density at radius 1 is 1.19 bits per heavy atom. The highest BCUT2D eigenvalue weighted by Gasteiger charge is 2.06. The van der Waals surface area contributed by atoms with Crippen LogP contribution < -0.4 is 11.3 Å². The highest BCUT2D eigenvalue weighted by atomic mass is 15.2. The molecular formula is C14H24N2. The third kappa shape index (κ3) is 4.77. The first kappa shape index (κ1) is 13.2. The van der Waals surface area contributed by atoms with Gasteiger partial charge in [0.2, 0.25) is 0 Å². The average Bonchev–Trinajstić information content (AvgIpc) is 2.31. The Labute approximate surface area is 99.2 Å². The van der Waals surface area contributed by atoms with E-state index in [4.69, 9.17) is 5.84 Å². The average molecular weight is 220 g/mol. The molecule has 0 radical (unpaired) electrons. The molecule has 2 nitrogen and oxygen atoms in total. The highest BCUT2D eigenvalue weighted by molar-refractivity contribution is 5.22. The van der Waals surface area contributed by atoms with E-state index in [0.29, 0.717) is 6.04 Å².